The van der Waals surface area contributed by atoms with E-state index in [9.17, 15) is 9.59 Å². The van der Waals surface area contributed by atoms with Crippen LogP contribution < -0.4 is 10.1 Å². The Kier molecular flexibility index (Phi) is 5.86. The second kappa shape index (κ2) is 9.27. The van der Waals surface area contributed by atoms with E-state index in [1.165, 1.54) is 24.7 Å². The highest BCUT2D eigenvalue weighted by Crippen LogP contribution is 2.26. The van der Waals surface area contributed by atoms with Crippen LogP contribution in [-0.2, 0) is 24.2 Å². The molecular formula is C26H23N3O5. The SMILES string of the molecule is COC(=O)c1ccn(-c2ccc(NC(=O)c3ccc(COc4ccc5c(c4)CCC5)o3)cc2)n1. The van der Waals surface area contributed by atoms with Gasteiger partial charge in [0.15, 0.2) is 11.5 Å². The van der Waals surface area contributed by atoms with Gasteiger partial charge in [-0.05, 0) is 85.0 Å². The molecular weight excluding hydrogens is 434 g/mol. The molecule has 0 saturated heterocycles. The molecule has 0 saturated carbocycles. The average Bonchev–Trinajstić information content (AvgIpc) is 3.63. The fourth-order valence-corrected chi connectivity index (χ4v) is 3.94. The number of esters is 1. The van der Waals surface area contributed by atoms with Crippen LogP contribution in [0.1, 0.15) is 44.4 Å². The molecule has 0 spiro atoms. The number of nitrogens with zero attached hydrogens (tertiary/aromatic N) is 2. The zero-order valence-corrected chi connectivity index (χ0v) is 18.6. The molecule has 0 fully saturated rings. The third-order valence-electron chi connectivity index (χ3n) is 5.71. The summed E-state index contributed by atoms with van der Waals surface area (Å²) in [6.07, 6.45) is 5.08. The number of carbonyl (C=O) groups is 2. The molecule has 1 aliphatic rings. The van der Waals surface area contributed by atoms with Crippen molar-refractivity contribution in [1.29, 1.82) is 0 Å². The minimum Gasteiger partial charge on any atom is -0.486 e. The number of aryl methyl sites for hydroxylation is 2. The van der Waals surface area contributed by atoms with Gasteiger partial charge in [0.2, 0.25) is 0 Å². The van der Waals surface area contributed by atoms with Crippen molar-refractivity contribution in [2.45, 2.75) is 25.9 Å². The number of furan rings is 1. The number of nitrogens with one attached hydrogen (secondary N) is 1. The number of fused-ring (bicyclic) bond motifs is 1. The number of aromatic nitrogens is 2. The molecule has 0 aliphatic heterocycles. The highest BCUT2D eigenvalue weighted by Gasteiger charge is 2.14. The van der Waals surface area contributed by atoms with Gasteiger partial charge in [0.05, 0.1) is 12.8 Å². The fourth-order valence-electron chi connectivity index (χ4n) is 3.94. The standard InChI is InChI=1S/C26H23N3O5/c1-32-26(31)23-13-14-29(28-23)20-8-6-19(7-9-20)27-25(30)24-12-11-22(34-24)16-33-21-10-5-17-3-2-4-18(17)15-21/h5-15H,2-4,16H2,1H3,(H,27,30). The number of ether oxygens (including phenoxy) is 2. The second-order valence-electron chi connectivity index (χ2n) is 7.98. The maximum absolute atomic E-state index is 12.6. The number of carbonyl (C=O) groups excluding carboxylic acids is 2. The summed E-state index contributed by atoms with van der Waals surface area (Å²) in [5.41, 5.74) is 4.29. The summed E-state index contributed by atoms with van der Waals surface area (Å²) < 4.78 is 17.7. The number of hydrogen-bond acceptors (Lipinski definition) is 6. The van der Waals surface area contributed by atoms with Crippen LogP contribution in [0.25, 0.3) is 5.69 Å². The van der Waals surface area contributed by atoms with Gasteiger partial charge in [-0.3, -0.25) is 4.79 Å². The van der Waals surface area contributed by atoms with Gasteiger partial charge < -0.3 is 19.2 Å². The molecule has 2 heterocycles. The topological polar surface area (TPSA) is 95.6 Å². The zero-order valence-electron chi connectivity index (χ0n) is 18.6. The highest BCUT2D eigenvalue weighted by atomic mass is 16.5. The van der Waals surface area contributed by atoms with Crippen molar-refractivity contribution in [2.75, 3.05) is 12.4 Å². The average molecular weight is 457 g/mol. The first-order chi connectivity index (χ1) is 16.6. The van der Waals surface area contributed by atoms with Gasteiger partial charge in [-0.1, -0.05) is 6.07 Å². The predicted molar refractivity (Wildman–Crippen MR) is 124 cm³/mol. The second-order valence-corrected chi connectivity index (χ2v) is 7.98. The summed E-state index contributed by atoms with van der Waals surface area (Å²) in [4.78, 5) is 24.1. The van der Waals surface area contributed by atoms with Gasteiger partial charge in [-0.2, -0.15) is 5.10 Å². The Labute approximate surface area is 196 Å². The molecule has 0 atom stereocenters. The monoisotopic (exact) mass is 457 g/mol. The minimum atomic E-state index is -0.502. The van der Waals surface area contributed by atoms with E-state index in [1.54, 1.807) is 53.3 Å². The van der Waals surface area contributed by atoms with Crippen LogP contribution in [0.15, 0.2) is 71.3 Å². The van der Waals surface area contributed by atoms with Crippen LogP contribution in [0, 0.1) is 0 Å². The van der Waals surface area contributed by atoms with Crippen molar-refractivity contribution < 1.29 is 23.5 Å². The number of rotatable bonds is 7. The van der Waals surface area contributed by atoms with Gasteiger partial charge in [0.25, 0.3) is 5.91 Å². The van der Waals surface area contributed by atoms with E-state index in [1.807, 2.05) is 6.07 Å². The molecule has 2 aromatic heterocycles. The first kappa shape index (κ1) is 21.5. The largest absolute Gasteiger partial charge is 0.486 e. The van der Waals surface area contributed by atoms with E-state index < -0.39 is 5.97 Å². The van der Waals surface area contributed by atoms with Crippen molar-refractivity contribution in [2.24, 2.45) is 0 Å². The molecule has 1 aliphatic carbocycles. The van der Waals surface area contributed by atoms with Crippen molar-refractivity contribution in [1.82, 2.24) is 9.78 Å². The lowest BCUT2D eigenvalue weighted by atomic mass is 10.1. The van der Waals surface area contributed by atoms with Crippen LogP contribution in [0.4, 0.5) is 5.69 Å². The molecule has 34 heavy (non-hydrogen) atoms. The Morgan fingerprint density at radius 3 is 2.68 bits per heavy atom. The maximum atomic E-state index is 12.6. The summed E-state index contributed by atoms with van der Waals surface area (Å²) in [5, 5.41) is 6.98. The molecule has 8 nitrogen and oxygen atoms in total. The van der Waals surface area contributed by atoms with E-state index in [0.717, 1.165) is 24.3 Å². The number of benzene rings is 2. The van der Waals surface area contributed by atoms with Crippen LogP contribution in [0.3, 0.4) is 0 Å². The van der Waals surface area contributed by atoms with Crippen molar-refractivity contribution >= 4 is 17.6 Å². The lowest BCUT2D eigenvalue weighted by Gasteiger charge is -2.07. The fraction of sp³-hybridized carbons (Fsp3) is 0.192. The van der Waals surface area contributed by atoms with Gasteiger partial charge in [-0.15, -0.1) is 0 Å². The zero-order chi connectivity index (χ0) is 23.5. The predicted octanol–water partition coefficient (Wildman–Crippen LogP) is 4.57. The summed E-state index contributed by atoms with van der Waals surface area (Å²) in [6, 6.07) is 18.2. The van der Waals surface area contributed by atoms with E-state index in [4.69, 9.17) is 9.15 Å². The van der Waals surface area contributed by atoms with E-state index in [0.29, 0.717) is 11.4 Å². The Morgan fingerprint density at radius 1 is 1.03 bits per heavy atom. The molecule has 1 N–H and O–H groups in total. The Balaban J connectivity index is 1.18. The van der Waals surface area contributed by atoms with Crippen LogP contribution in [0.5, 0.6) is 5.75 Å². The van der Waals surface area contributed by atoms with Crippen LogP contribution in [-0.4, -0.2) is 28.8 Å². The first-order valence-electron chi connectivity index (χ1n) is 11.0. The summed E-state index contributed by atoms with van der Waals surface area (Å²) in [6.45, 7) is 0.248. The third-order valence-corrected chi connectivity index (χ3v) is 5.71. The molecule has 4 aromatic rings. The molecule has 8 heteroatoms. The maximum Gasteiger partial charge on any atom is 0.358 e. The Hall–Kier alpha value is -4.33. The smallest absolute Gasteiger partial charge is 0.358 e. The molecule has 0 bridgehead atoms. The van der Waals surface area contributed by atoms with E-state index in [2.05, 4.69) is 27.3 Å². The number of hydrogen-bond donors (Lipinski definition) is 1. The van der Waals surface area contributed by atoms with Crippen LogP contribution in [0.2, 0.25) is 0 Å². The summed E-state index contributed by atoms with van der Waals surface area (Å²) in [7, 11) is 1.31. The minimum absolute atomic E-state index is 0.200. The number of anilines is 1. The highest BCUT2D eigenvalue weighted by molar-refractivity contribution is 6.02. The van der Waals surface area contributed by atoms with Crippen molar-refractivity contribution in [3.63, 3.8) is 0 Å². The lowest BCUT2D eigenvalue weighted by molar-refractivity contribution is 0.0593. The Morgan fingerprint density at radius 2 is 1.85 bits per heavy atom. The molecule has 5 rings (SSSR count). The van der Waals surface area contributed by atoms with E-state index >= 15 is 0 Å². The van der Waals surface area contributed by atoms with Crippen molar-refractivity contribution in [3.8, 4) is 11.4 Å². The van der Waals surface area contributed by atoms with E-state index in [-0.39, 0.29) is 24.0 Å². The summed E-state index contributed by atoms with van der Waals surface area (Å²) >= 11 is 0. The van der Waals surface area contributed by atoms with Crippen LogP contribution >= 0.6 is 0 Å². The van der Waals surface area contributed by atoms with Gasteiger partial charge in [0, 0.05) is 11.9 Å². The molecule has 0 radical (unpaired) electrons. The van der Waals surface area contributed by atoms with Gasteiger partial charge in [0.1, 0.15) is 18.1 Å². The summed E-state index contributed by atoms with van der Waals surface area (Å²) in [5.74, 6) is 0.716. The van der Waals surface area contributed by atoms with Gasteiger partial charge >= 0.3 is 5.97 Å². The lowest BCUT2D eigenvalue weighted by Crippen LogP contribution is -2.11. The molecule has 2 aromatic carbocycles. The van der Waals surface area contributed by atoms with Gasteiger partial charge in [-0.25, -0.2) is 9.48 Å². The third kappa shape index (κ3) is 4.56. The van der Waals surface area contributed by atoms with Crippen molar-refractivity contribution in [3.05, 3.63) is 95.2 Å². The molecule has 1 amide bonds. The first-order valence-corrected chi connectivity index (χ1v) is 11.0. The quantitative estimate of drug-likeness (QED) is 0.409. The number of methoxy groups -OCH3 is 1. The molecule has 0 unspecified atom stereocenters. The molecule has 172 valence electrons. The Bertz CT molecular complexity index is 1340. The number of amides is 1. The normalized spacial score (nSPS) is 12.3.